The zero-order valence-electron chi connectivity index (χ0n) is 17.6. The predicted octanol–water partition coefficient (Wildman–Crippen LogP) is 6.15. The molecule has 0 fully saturated rings. The van der Waals surface area contributed by atoms with Crippen LogP contribution >= 0.6 is 22.6 Å². The quantitative estimate of drug-likeness (QED) is 0.245. The molecule has 1 aromatic heterocycles. The van der Waals surface area contributed by atoms with Crippen LogP contribution in [-0.2, 0) is 11.0 Å². The number of nitrogens with one attached hydrogen (secondary N) is 1. The molecule has 0 aliphatic carbocycles. The van der Waals surface area contributed by atoms with Crippen molar-refractivity contribution in [2.45, 2.75) is 11.0 Å². The van der Waals surface area contributed by atoms with Gasteiger partial charge in [-0.15, -0.1) is 0 Å². The number of carbonyl (C=O) groups is 1. The van der Waals surface area contributed by atoms with Crippen molar-refractivity contribution in [3.63, 3.8) is 0 Å². The Morgan fingerprint density at radius 1 is 0.903 bits per heavy atom. The Bertz CT molecular complexity index is 1200. The molecule has 0 radical (unpaired) electrons. The number of amides is 1. The van der Waals surface area contributed by atoms with E-state index < -0.39 is 0 Å². The van der Waals surface area contributed by atoms with E-state index in [1.54, 1.807) is 0 Å². The number of rotatable bonds is 6. The largest absolute Gasteiger partial charge is 0.322 e. The lowest BCUT2D eigenvalue weighted by atomic mass is 10.0. The molecule has 3 aromatic carbocycles. The highest BCUT2D eigenvalue weighted by Gasteiger charge is 2.08. The van der Waals surface area contributed by atoms with Crippen LogP contribution in [0.4, 0.5) is 5.69 Å². The van der Waals surface area contributed by atoms with Gasteiger partial charge in [-0.25, -0.2) is 0 Å². The minimum absolute atomic E-state index is 0.129. The molecule has 5 heteroatoms. The summed E-state index contributed by atoms with van der Waals surface area (Å²) in [5, 5.41) is 4.05. The summed E-state index contributed by atoms with van der Waals surface area (Å²) in [5.74, 6) is -0.129. The van der Waals surface area contributed by atoms with Crippen LogP contribution < -0.4 is 5.32 Å². The molecule has 1 heterocycles. The maximum atomic E-state index is 12.7. The van der Waals surface area contributed by atoms with Crippen molar-refractivity contribution >= 4 is 45.1 Å². The Morgan fingerprint density at radius 2 is 1.58 bits per heavy atom. The van der Waals surface area contributed by atoms with Gasteiger partial charge in [0.05, 0.1) is 5.52 Å². The summed E-state index contributed by atoms with van der Waals surface area (Å²) in [4.78, 5) is 19.4. The molecule has 0 saturated heterocycles. The lowest BCUT2D eigenvalue weighted by molar-refractivity contribution is 0.102. The Morgan fingerprint density at radius 3 is 2.23 bits per heavy atom. The third-order valence-electron chi connectivity index (χ3n) is 5.09. The number of halogens is 1. The standard InChI is InChI=1S/C26H24IN3O/c1-30(2)17-19-13-23-11-12-24(14-25(23)28-16-19)29-26(31)22-9-7-21(8-10-22)20-5-3-18(15-27)4-6-20/h3-14,16H,15,17H2,1-2H3,(H,29,31). The first-order valence-corrected chi connectivity index (χ1v) is 11.6. The number of aromatic nitrogens is 1. The number of nitrogens with zero attached hydrogens (tertiary/aromatic N) is 2. The summed E-state index contributed by atoms with van der Waals surface area (Å²) >= 11 is 2.36. The molecular formula is C26H24IN3O. The van der Waals surface area contributed by atoms with E-state index in [0.29, 0.717) is 5.56 Å². The molecule has 31 heavy (non-hydrogen) atoms. The Kier molecular flexibility index (Phi) is 6.63. The fraction of sp³-hybridized carbons (Fsp3) is 0.154. The maximum Gasteiger partial charge on any atom is 0.255 e. The average molecular weight is 521 g/mol. The predicted molar refractivity (Wildman–Crippen MR) is 137 cm³/mol. The van der Waals surface area contributed by atoms with E-state index in [4.69, 9.17) is 0 Å². The molecule has 0 unspecified atom stereocenters. The second-order valence-corrected chi connectivity index (χ2v) is 8.61. The zero-order chi connectivity index (χ0) is 21.8. The monoisotopic (exact) mass is 521 g/mol. The molecular weight excluding hydrogens is 497 g/mol. The van der Waals surface area contributed by atoms with Crippen LogP contribution in [0.2, 0.25) is 0 Å². The smallest absolute Gasteiger partial charge is 0.255 e. The maximum absolute atomic E-state index is 12.7. The van der Waals surface area contributed by atoms with Gasteiger partial charge in [-0.2, -0.15) is 0 Å². The number of pyridine rings is 1. The van der Waals surface area contributed by atoms with Crippen LogP contribution in [0.1, 0.15) is 21.5 Å². The van der Waals surface area contributed by atoms with E-state index in [-0.39, 0.29) is 5.91 Å². The Labute approximate surface area is 196 Å². The minimum Gasteiger partial charge on any atom is -0.322 e. The van der Waals surface area contributed by atoms with Crippen molar-refractivity contribution in [3.05, 3.63) is 95.7 Å². The van der Waals surface area contributed by atoms with E-state index in [2.05, 4.69) is 68.1 Å². The van der Waals surface area contributed by atoms with Gasteiger partial charge in [0.1, 0.15) is 0 Å². The van der Waals surface area contributed by atoms with Crippen molar-refractivity contribution in [2.75, 3.05) is 19.4 Å². The third kappa shape index (κ3) is 5.29. The molecule has 1 N–H and O–H groups in total. The number of alkyl halides is 1. The summed E-state index contributed by atoms with van der Waals surface area (Å²) in [6.45, 7) is 0.847. The molecule has 0 saturated carbocycles. The second-order valence-electron chi connectivity index (χ2n) is 7.85. The van der Waals surface area contributed by atoms with E-state index >= 15 is 0 Å². The number of hydrogen-bond donors (Lipinski definition) is 1. The molecule has 0 bridgehead atoms. The van der Waals surface area contributed by atoms with Crippen molar-refractivity contribution < 1.29 is 4.79 Å². The summed E-state index contributed by atoms with van der Waals surface area (Å²) in [6.07, 6.45) is 1.89. The van der Waals surface area contributed by atoms with Gasteiger partial charge in [0.15, 0.2) is 0 Å². The van der Waals surface area contributed by atoms with Gasteiger partial charge in [0, 0.05) is 33.8 Å². The highest BCUT2D eigenvalue weighted by atomic mass is 127. The summed E-state index contributed by atoms with van der Waals surface area (Å²) in [6, 6.07) is 24.2. The molecule has 4 rings (SSSR count). The van der Waals surface area contributed by atoms with Gasteiger partial charge < -0.3 is 10.2 Å². The molecule has 4 nitrogen and oxygen atoms in total. The van der Waals surface area contributed by atoms with Crippen LogP contribution in [0.15, 0.2) is 79.0 Å². The van der Waals surface area contributed by atoms with Crippen LogP contribution in [0.25, 0.3) is 22.0 Å². The van der Waals surface area contributed by atoms with Crippen LogP contribution in [0, 0.1) is 0 Å². The summed E-state index contributed by atoms with van der Waals surface area (Å²) < 4.78 is 0.999. The van der Waals surface area contributed by atoms with Gasteiger partial charge in [-0.1, -0.05) is 65.1 Å². The highest BCUT2D eigenvalue weighted by molar-refractivity contribution is 14.1. The Balaban J connectivity index is 1.47. The van der Waals surface area contributed by atoms with Crippen LogP contribution in [-0.4, -0.2) is 29.9 Å². The molecule has 4 aromatic rings. The SMILES string of the molecule is CN(C)Cc1cnc2cc(NC(=O)c3ccc(-c4ccc(CI)cc4)cc3)ccc2c1. The van der Waals surface area contributed by atoms with Gasteiger partial charge in [-0.3, -0.25) is 9.78 Å². The molecule has 0 spiro atoms. The Hall–Kier alpha value is -2.77. The van der Waals surface area contributed by atoms with E-state index in [9.17, 15) is 4.79 Å². The lowest BCUT2D eigenvalue weighted by Gasteiger charge is -2.11. The van der Waals surface area contributed by atoms with Crippen LogP contribution in [0.5, 0.6) is 0 Å². The number of hydrogen-bond acceptors (Lipinski definition) is 3. The third-order valence-corrected chi connectivity index (χ3v) is 5.97. The van der Waals surface area contributed by atoms with E-state index in [1.165, 1.54) is 11.1 Å². The molecule has 156 valence electrons. The van der Waals surface area contributed by atoms with Crippen molar-refractivity contribution in [2.24, 2.45) is 0 Å². The minimum atomic E-state index is -0.129. The fourth-order valence-electron chi connectivity index (χ4n) is 3.50. The first-order chi connectivity index (χ1) is 15.0. The first kappa shape index (κ1) is 21.5. The number of anilines is 1. The van der Waals surface area contributed by atoms with Gasteiger partial charge in [0.2, 0.25) is 0 Å². The van der Waals surface area contributed by atoms with Crippen molar-refractivity contribution in [3.8, 4) is 11.1 Å². The van der Waals surface area contributed by atoms with Crippen molar-refractivity contribution in [1.82, 2.24) is 9.88 Å². The first-order valence-electron chi connectivity index (χ1n) is 10.1. The lowest BCUT2D eigenvalue weighted by Crippen LogP contribution is -2.12. The van der Waals surface area contributed by atoms with Gasteiger partial charge in [0.25, 0.3) is 5.91 Å². The second kappa shape index (κ2) is 9.58. The summed E-state index contributed by atoms with van der Waals surface area (Å²) in [7, 11) is 4.08. The zero-order valence-corrected chi connectivity index (χ0v) is 19.8. The van der Waals surface area contributed by atoms with Gasteiger partial charge in [-0.05, 0) is 66.7 Å². The highest BCUT2D eigenvalue weighted by Crippen LogP contribution is 2.23. The van der Waals surface area contributed by atoms with E-state index in [0.717, 1.165) is 38.7 Å². The van der Waals surface area contributed by atoms with E-state index in [1.807, 2.05) is 62.8 Å². The molecule has 1 amide bonds. The fourth-order valence-corrected chi connectivity index (χ4v) is 4.01. The topological polar surface area (TPSA) is 45.2 Å². The molecule has 0 aliphatic heterocycles. The summed E-state index contributed by atoms with van der Waals surface area (Å²) in [5.41, 5.74) is 6.95. The number of carbonyl (C=O) groups excluding carboxylic acids is 1. The van der Waals surface area contributed by atoms with Crippen molar-refractivity contribution in [1.29, 1.82) is 0 Å². The number of benzene rings is 3. The number of fused-ring (bicyclic) bond motifs is 1. The van der Waals surface area contributed by atoms with Gasteiger partial charge >= 0.3 is 0 Å². The molecule has 0 atom stereocenters. The van der Waals surface area contributed by atoms with Crippen LogP contribution in [0.3, 0.4) is 0 Å². The average Bonchev–Trinajstić information content (AvgIpc) is 2.79. The normalized spacial score (nSPS) is 11.1. The molecule has 0 aliphatic rings.